The van der Waals surface area contributed by atoms with E-state index in [0.717, 1.165) is 9.80 Å². The molecule has 0 saturated carbocycles. The zero-order valence-electron chi connectivity index (χ0n) is 9.09. The van der Waals surface area contributed by atoms with Gasteiger partial charge in [0, 0.05) is 7.05 Å². The van der Waals surface area contributed by atoms with Crippen LogP contribution in [0, 0.1) is 0 Å². The maximum absolute atomic E-state index is 11.6. The summed E-state index contributed by atoms with van der Waals surface area (Å²) in [7, 11) is 1.31. The fourth-order valence-corrected chi connectivity index (χ4v) is 2.40. The predicted octanol–water partition coefficient (Wildman–Crippen LogP) is -3.93. The number of carbonyl (C=O) groups is 2. The molecule has 2 aliphatic rings. The molecule has 4 N–H and O–H groups in total. The fraction of sp³-hybridized carbons (Fsp3) is 0.778. The number of rotatable bonds is 1. The Hall–Kier alpha value is -1.22. The summed E-state index contributed by atoms with van der Waals surface area (Å²) in [6.45, 7) is -0.603. The second-order valence-corrected chi connectivity index (χ2v) is 4.26. The normalized spacial score (nSPS) is 42.1. The van der Waals surface area contributed by atoms with E-state index in [1.807, 2.05) is 0 Å². The molecule has 2 aliphatic heterocycles. The first-order valence-corrected chi connectivity index (χ1v) is 5.16. The average Bonchev–Trinajstić information content (AvgIpc) is 2.53. The van der Waals surface area contributed by atoms with Crippen molar-refractivity contribution in [1.82, 2.24) is 9.80 Å². The molecule has 2 heterocycles. The minimum atomic E-state index is -1.52. The minimum absolute atomic E-state index is 0.603. The van der Waals surface area contributed by atoms with Gasteiger partial charge in [-0.05, 0) is 0 Å². The SMILES string of the molecule is CN1C(=O)C(=O)N2[C@H](CO)[C@@H](O)[C@H](O)[C@H](O)[C@@H]12. The van der Waals surface area contributed by atoms with Gasteiger partial charge in [0.1, 0.15) is 24.5 Å². The highest BCUT2D eigenvalue weighted by Crippen LogP contribution is 2.30. The van der Waals surface area contributed by atoms with Crippen molar-refractivity contribution in [3.63, 3.8) is 0 Å². The second kappa shape index (κ2) is 3.91. The van der Waals surface area contributed by atoms with Crippen LogP contribution in [0.4, 0.5) is 0 Å². The molecule has 2 rings (SSSR count). The topological polar surface area (TPSA) is 122 Å². The lowest BCUT2D eigenvalue weighted by molar-refractivity contribution is -0.185. The number of aliphatic hydroxyl groups excluding tert-OH is 4. The van der Waals surface area contributed by atoms with Crippen molar-refractivity contribution in [2.24, 2.45) is 0 Å². The molecular formula is C9H14N2O6. The zero-order valence-corrected chi connectivity index (χ0v) is 9.09. The van der Waals surface area contributed by atoms with Crippen LogP contribution in [0.15, 0.2) is 0 Å². The van der Waals surface area contributed by atoms with Crippen molar-refractivity contribution in [3.8, 4) is 0 Å². The van der Waals surface area contributed by atoms with Crippen LogP contribution in [0.1, 0.15) is 0 Å². The molecule has 2 saturated heterocycles. The van der Waals surface area contributed by atoms with Gasteiger partial charge in [0.15, 0.2) is 0 Å². The highest BCUT2D eigenvalue weighted by atomic mass is 16.4. The third kappa shape index (κ3) is 1.45. The van der Waals surface area contributed by atoms with Gasteiger partial charge in [-0.25, -0.2) is 0 Å². The van der Waals surface area contributed by atoms with Crippen molar-refractivity contribution in [2.75, 3.05) is 13.7 Å². The zero-order chi connectivity index (χ0) is 12.9. The van der Waals surface area contributed by atoms with Crippen LogP contribution >= 0.6 is 0 Å². The van der Waals surface area contributed by atoms with Gasteiger partial charge in [0.25, 0.3) is 0 Å². The number of carbonyl (C=O) groups excluding carboxylic acids is 2. The van der Waals surface area contributed by atoms with E-state index in [1.165, 1.54) is 7.05 Å². The molecule has 8 heteroatoms. The van der Waals surface area contributed by atoms with Gasteiger partial charge >= 0.3 is 11.8 Å². The Morgan fingerprint density at radius 3 is 2.18 bits per heavy atom. The molecule has 17 heavy (non-hydrogen) atoms. The van der Waals surface area contributed by atoms with Crippen LogP contribution in [0.3, 0.4) is 0 Å². The van der Waals surface area contributed by atoms with E-state index in [1.54, 1.807) is 0 Å². The summed E-state index contributed by atoms with van der Waals surface area (Å²) >= 11 is 0. The quantitative estimate of drug-likeness (QED) is 0.351. The Morgan fingerprint density at radius 2 is 1.65 bits per heavy atom. The first-order valence-electron chi connectivity index (χ1n) is 5.16. The summed E-state index contributed by atoms with van der Waals surface area (Å²) < 4.78 is 0. The average molecular weight is 246 g/mol. The maximum atomic E-state index is 11.6. The number of likely N-dealkylation sites (N-methyl/N-ethyl adjacent to an activating group) is 1. The predicted molar refractivity (Wildman–Crippen MR) is 52.3 cm³/mol. The first-order chi connectivity index (χ1) is 7.91. The maximum Gasteiger partial charge on any atom is 0.314 e. The van der Waals surface area contributed by atoms with Gasteiger partial charge in [-0.1, -0.05) is 0 Å². The van der Waals surface area contributed by atoms with E-state index < -0.39 is 48.9 Å². The lowest BCUT2D eigenvalue weighted by Crippen LogP contribution is -2.68. The molecule has 8 nitrogen and oxygen atoms in total. The number of amides is 2. The summed E-state index contributed by atoms with van der Waals surface area (Å²) in [6, 6.07) is -1.10. The lowest BCUT2D eigenvalue weighted by Gasteiger charge is -2.45. The van der Waals surface area contributed by atoms with Crippen LogP contribution in [-0.2, 0) is 9.59 Å². The highest BCUT2D eigenvalue weighted by Gasteiger charge is 2.57. The summed E-state index contributed by atoms with van der Waals surface area (Å²) in [5, 5.41) is 38.1. The molecular weight excluding hydrogens is 232 g/mol. The molecule has 0 unspecified atom stereocenters. The fourth-order valence-electron chi connectivity index (χ4n) is 2.40. The number of nitrogens with zero attached hydrogens (tertiary/aromatic N) is 2. The van der Waals surface area contributed by atoms with Gasteiger partial charge in [-0.2, -0.15) is 0 Å². The largest absolute Gasteiger partial charge is 0.394 e. The van der Waals surface area contributed by atoms with Crippen molar-refractivity contribution in [3.05, 3.63) is 0 Å². The molecule has 0 radical (unpaired) electrons. The number of hydrogen-bond acceptors (Lipinski definition) is 6. The Balaban J connectivity index is 2.42. The summed E-state index contributed by atoms with van der Waals surface area (Å²) in [6.07, 6.45) is -5.53. The number of piperidine rings is 1. The van der Waals surface area contributed by atoms with Gasteiger partial charge in [0.2, 0.25) is 0 Å². The van der Waals surface area contributed by atoms with Gasteiger partial charge in [-0.15, -0.1) is 0 Å². The highest BCUT2D eigenvalue weighted by molar-refractivity contribution is 6.36. The Bertz CT molecular complexity index is 361. The lowest BCUT2D eigenvalue weighted by atomic mass is 9.92. The monoisotopic (exact) mass is 246 g/mol. The van der Waals surface area contributed by atoms with Crippen molar-refractivity contribution < 1.29 is 30.0 Å². The summed E-state index contributed by atoms with van der Waals surface area (Å²) in [4.78, 5) is 25.0. The molecule has 0 bridgehead atoms. The molecule has 0 aromatic carbocycles. The third-order valence-corrected chi connectivity index (χ3v) is 3.36. The van der Waals surface area contributed by atoms with Crippen molar-refractivity contribution in [1.29, 1.82) is 0 Å². The number of fused-ring (bicyclic) bond motifs is 1. The van der Waals surface area contributed by atoms with Gasteiger partial charge in [-0.3, -0.25) is 9.59 Å². The first kappa shape index (κ1) is 12.2. The smallest absolute Gasteiger partial charge is 0.314 e. The van der Waals surface area contributed by atoms with Crippen LogP contribution < -0.4 is 0 Å². The molecule has 0 spiro atoms. The molecule has 0 aromatic rings. The van der Waals surface area contributed by atoms with Crippen LogP contribution in [0.2, 0.25) is 0 Å². The van der Waals surface area contributed by atoms with Crippen LogP contribution in [0.5, 0.6) is 0 Å². The summed E-state index contributed by atoms with van der Waals surface area (Å²) in [5.74, 6) is -1.74. The summed E-state index contributed by atoms with van der Waals surface area (Å²) in [5.41, 5.74) is 0. The third-order valence-electron chi connectivity index (χ3n) is 3.36. The van der Waals surface area contributed by atoms with E-state index in [-0.39, 0.29) is 0 Å². The molecule has 0 aromatic heterocycles. The standard InChI is InChI=1S/C9H14N2O6/c1-10-7-6(15)5(14)4(13)3(2-12)11(7)9(17)8(10)16/h3-7,12-15H,2H2,1H3/t3-,4-,5+,6+,7+/m1/s1. The molecule has 2 amide bonds. The van der Waals surface area contributed by atoms with Crippen LogP contribution in [-0.4, -0.2) is 86.2 Å². The van der Waals surface area contributed by atoms with Crippen LogP contribution in [0.25, 0.3) is 0 Å². The number of hydrogen-bond donors (Lipinski definition) is 4. The van der Waals surface area contributed by atoms with E-state index in [2.05, 4.69) is 0 Å². The van der Waals surface area contributed by atoms with E-state index in [4.69, 9.17) is 5.11 Å². The minimum Gasteiger partial charge on any atom is -0.394 e. The molecule has 2 fully saturated rings. The second-order valence-electron chi connectivity index (χ2n) is 4.26. The Morgan fingerprint density at radius 1 is 1.06 bits per heavy atom. The van der Waals surface area contributed by atoms with Crippen molar-refractivity contribution >= 4 is 11.8 Å². The van der Waals surface area contributed by atoms with Gasteiger partial charge < -0.3 is 30.2 Å². The Kier molecular flexibility index (Phi) is 2.82. The molecule has 5 atom stereocenters. The molecule has 96 valence electrons. The van der Waals surface area contributed by atoms with Gasteiger partial charge in [0.05, 0.1) is 12.6 Å². The van der Waals surface area contributed by atoms with E-state index in [9.17, 15) is 24.9 Å². The number of aliphatic hydroxyl groups is 4. The van der Waals surface area contributed by atoms with Crippen molar-refractivity contribution in [2.45, 2.75) is 30.5 Å². The Labute approximate surface area is 96.7 Å². The molecule has 0 aliphatic carbocycles. The van der Waals surface area contributed by atoms with E-state index >= 15 is 0 Å². The van der Waals surface area contributed by atoms with E-state index in [0.29, 0.717) is 0 Å².